The van der Waals surface area contributed by atoms with Crippen molar-refractivity contribution in [3.05, 3.63) is 36.0 Å². The zero-order valence-corrected chi connectivity index (χ0v) is 36.1. The summed E-state index contributed by atoms with van der Waals surface area (Å²) in [6, 6.07) is 6.73. The summed E-state index contributed by atoms with van der Waals surface area (Å²) >= 11 is 0. The van der Waals surface area contributed by atoms with E-state index in [2.05, 4.69) is 15.6 Å². The maximum atomic E-state index is 13.6. The van der Waals surface area contributed by atoms with Gasteiger partial charge >= 0.3 is 17.9 Å². The van der Waals surface area contributed by atoms with E-state index in [1.807, 2.05) is 24.3 Å². The van der Waals surface area contributed by atoms with Gasteiger partial charge in [-0.3, -0.25) is 33.6 Å². The first-order valence-electron chi connectivity index (χ1n) is 22.2. The van der Waals surface area contributed by atoms with Gasteiger partial charge in [-0.1, -0.05) is 69.6 Å². The molecule has 0 spiro atoms. The van der Waals surface area contributed by atoms with Crippen molar-refractivity contribution in [2.45, 2.75) is 154 Å². The number of carbonyl (C=O) groups excluding carboxylic acids is 5. The molecule has 0 saturated heterocycles. The van der Waals surface area contributed by atoms with Gasteiger partial charge in [-0.25, -0.2) is 0 Å². The summed E-state index contributed by atoms with van der Waals surface area (Å²) in [5.74, 6) is -7.34. The van der Waals surface area contributed by atoms with Gasteiger partial charge in [0.15, 0.2) is 0 Å². The van der Waals surface area contributed by atoms with Crippen LogP contribution in [0.5, 0.6) is 0 Å². The normalized spacial score (nSPS) is 13.3. The molecule has 1 aromatic carbocycles. The molecule has 0 fully saturated rings. The Morgan fingerprint density at radius 3 is 1.84 bits per heavy atom. The van der Waals surface area contributed by atoms with Crippen molar-refractivity contribution < 1.29 is 53.7 Å². The number of aliphatic carboxylic acids is 3. The molecule has 0 unspecified atom stereocenters. The van der Waals surface area contributed by atoms with Crippen LogP contribution in [0.2, 0.25) is 0 Å². The van der Waals surface area contributed by atoms with Gasteiger partial charge in [-0.05, 0) is 76.6 Å². The van der Waals surface area contributed by atoms with E-state index in [1.54, 1.807) is 6.20 Å². The predicted octanol–water partition coefficient (Wildman–Crippen LogP) is 6.33. The Labute approximate surface area is 359 Å². The lowest BCUT2D eigenvalue weighted by Gasteiger charge is -2.20. The summed E-state index contributed by atoms with van der Waals surface area (Å²) in [5, 5.41) is 34.5. The maximum Gasteiger partial charge on any atom is 0.307 e. The van der Waals surface area contributed by atoms with Crippen LogP contribution in [0.3, 0.4) is 0 Å². The summed E-state index contributed by atoms with van der Waals surface area (Å²) in [5.41, 5.74) is 7.99. The number of aromatic amines is 1. The summed E-state index contributed by atoms with van der Waals surface area (Å²) < 4.78 is 0. The van der Waals surface area contributed by atoms with E-state index in [4.69, 9.17) is 15.9 Å². The fraction of sp³-hybridized carbons (Fsp3) is 0.652. The predicted molar refractivity (Wildman–Crippen MR) is 232 cm³/mol. The van der Waals surface area contributed by atoms with E-state index in [0.717, 1.165) is 67.8 Å². The average Bonchev–Trinajstić information content (AvgIpc) is 3.62. The van der Waals surface area contributed by atoms with Gasteiger partial charge in [0.1, 0.15) is 23.1 Å². The fourth-order valence-corrected chi connectivity index (χ4v) is 7.57. The number of amides is 1. The molecule has 0 radical (unpaired) electrons. The Bertz CT molecular complexity index is 1710. The Hall–Kier alpha value is -4.76. The monoisotopic (exact) mass is 855 g/mol. The quantitative estimate of drug-likeness (QED) is 0.0365. The minimum Gasteiger partial charge on any atom is -0.481 e. The van der Waals surface area contributed by atoms with E-state index in [1.165, 1.54) is 19.8 Å². The van der Waals surface area contributed by atoms with Crippen LogP contribution in [0.15, 0.2) is 30.5 Å². The van der Waals surface area contributed by atoms with Gasteiger partial charge in [0.05, 0.1) is 12.0 Å². The molecule has 61 heavy (non-hydrogen) atoms. The van der Waals surface area contributed by atoms with Crippen LogP contribution in [0.1, 0.15) is 147 Å². The zero-order chi connectivity index (χ0) is 45.0. The van der Waals surface area contributed by atoms with E-state index in [-0.39, 0.29) is 68.8 Å². The van der Waals surface area contributed by atoms with E-state index in [9.17, 15) is 43.5 Å². The van der Waals surface area contributed by atoms with Gasteiger partial charge in [-0.15, -0.1) is 0 Å². The number of para-hydroxylation sites is 1. The molecule has 1 amide bonds. The first-order valence-corrected chi connectivity index (χ1v) is 22.2. The van der Waals surface area contributed by atoms with Crippen molar-refractivity contribution >= 4 is 57.9 Å². The molecule has 0 saturated carbocycles. The van der Waals surface area contributed by atoms with Crippen molar-refractivity contribution in [2.75, 3.05) is 19.6 Å². The Morgan fingerprint density at radius 1 is 0.623 bits per heavy atom. The first-order chi connectivity index (χ1) is 29.2. The molecule has 2 aromatic rings. The second kappa shape index (κ2) is 30.3. The molecule has 15 heteroatoms. The third kappa shape index (κ3) is 23.2. The van der Waals surface area contributed by atoms with E-state index >= 15 is 0 Å². The van der Waals surface area contributed by atoms with E-state index < -0.39 is 59.8 Å². The Balaban J connectivity index is 1.79. The first kappa shape index (κ1) is 52.4. The SMILES string of the molecule is CC(=O)C[C@H](CCC(=O)O)C(=O)C[C@@H](CCNC(=O)[C@H](CC(=O)[C@@H](N)CCNCCCC(=O)CCCCCCCCCCCCC(=O)O)Cc1c[nH]c2ccccc12)C(=O)O. The molecule has 1 heterocycles. The lowest BCUT2D eigenvalue weighted by Crippen LogP contribution is -2.40. The maximum absolute atomic E-state index is 13.6. The Kier molecular flexibility index (Phi) is 26.0. The van der Waals surface area contributed by atoms with Gasteiger partial charge in [0.2, 0.25) is 5.91 Å². The van der Waals surface area contributed by atoms with Crippen LogP contribution < -0.4 is 16.4 Å². The number of nitrogens with one attached hydrogen (secondary N) is 3. The van der Waals surface area contributed by atoms with Crippen LogP contribution >= 0.6 is 0 Å². The third-order valence-corrected chi connectivity index (χ3v) is 11.2. The number of unbranched alkanes of at least 4 members (excludes halogenated alkanes) is 9. The van der Waals surface area contributed by atoms with Crippen LogP contribution in [0, 0.1) is 17.8 Å². The minimum atomic E-state index is -1.26. The highest BCUT2D eigenvalue weighted by Crippen LogP contribution is 2.24. The standard InChI is InChI=1S/C46H70N4O11/c1-32(51)27-33(20-21-44(57)58)41(53)29-34(46(60)61)22-26-49-45(59)35(28-36-31-50-40-18-13-12-17-38(36)40)30-42(54)39(47)23-25-48-24-14-16-37(52)15-10-8-6-4-2-3-5-7-9-11-19-43(55)56/h12-13,17-18,31,33-35,39,48,50H,2-11,14-16,19-30,47H2,1H3,(H,49,59)(H,55,56)(H,57,58)(H,60,61)/t33-,34+,35-,39-/m0/s1. The fourth-order valence-electron chi connectivity index (χ4n) is 7.57. The number of Topliss-reactive ketones (excluding diaryl/α,β-unsaturated/α-hetero) is 4. The average molecular weight is 855 g/mol. The number of aromatic nitrogens is 1. The largest absolute Gasteiger partial charge is 0.481 e. The minimum absolute atomic E-state index is 0.0787. The molecule has 0 bridgehead atoms. The highest BCUT2D eigenvalue weighted by molar-refractivity contribution is 5.91. The molecule has 340 valence electrons. The van der Waals surface area contributed by atoms with Crippen LogP contribution in [-0.4, -0.2) is 92.9 Å². The number of benzene rings is 1. The summed E-state index contributed by atoms with van der Waals surface area (Å²) in [6.45, 7) is 2.26. The van der Waals surface area contributed by atoms with Crippen molar-refractivity contribution in [1.82, 2.24) is 15.6 Å². The van der Waals surface area contributed by atoms with Crippen molar-refractivity contribution in [3.8, 4) is 0 Å². The van der Waals surface area contributed by atoms with Crippen molar-refractivity contribution in [2.24, 2.45) is 23.5 Å². The summed E-state index contributed by atoms with van der Waals surface area (Å²) in [7, 11) is 0. The molecule has 0 aliphatic carbocycles. The van der Waals surface area contributed by atoms with Gasteiger partial charge < -0.3 is 41.5 Å². The second-order valence-electron chi connectivity index (χ2n) is 16.5. The zero-order valence-electron chi connectivity index (χ0n) is 36.1. The van der Waals surface area contributed by atoms with Crippen LogP contribution in [0.25, 0.3) is 10.9 Å². The smallest absolute Gasteiger partial charge is 0.307 e. The van der Waals surface area contributed by atoms with Crippen LogP contribution in [-0.2, 0) is 44.8 Å². The van der Waals surface area contributed by atoms with Gasteiger partial charge in [0, 0.05) is 80.4 Å². The highest BCUT2D eigenvalue weighted by atomic mass is 16.4. The van der Waals surface area contributed by atoms with Gasteiger partial charge in [-0.2, -0.15) is 0 Å². The second-order valence-corrected chi connectivity index (χ2v) is 16.5. The lowest BCUT2D eigenvalue weighted by atomic mass is 9.86. The topological polar surface area (TPSA) is 263 Å². The summed E-state index contributed by atoms with van der Waals surface area (Å²) in [4.78, 5) is 101. The number of hydrogen-bond acceptors (Lipinski definition) is 10. The van der Waals surface area contributed by atoms with Crippen molar-refractivity contribution in [3.63, 3.8) is 0 Å². The third-order valence-electron chi connectivity index (χ3n) is 11.2. The molecule has 4 atom stereocenters. The molecule has 1 aromatic heterocycles. The number of carboxylic acids is 3. The number of carbonyl (C=O) groups is 8. The highest BCUT2D eigenvalue weighted by Gasteiger charge is 2.29. The molecule has 2 rings (SSSR count). The molecular weight excluding hydrogens is 785 g/mol. The number of H-pyrrole nitrogens is 1. The number of fused-ring (bicyclic) bond motifs is 1. The lowest BCUT2D eigenvalue weighted by molar-refractivity contribution is -0.145. The van der Waals surface area contributed by atoms with Gasteiger partial charge in [0.25, 0.3) is 0 Å². The molecule has 0 aliphatic rings. The number of rotatable bonds is 38. The number of nitrogens with two attached hydrogens (primary N) is 1. The molecule has 8 N–H and O–H groups in total. The number of carboxylic acid groups (broad SMARTS) is 3. The Morgan fingerprint density at radius 2 is 1.21 bits per heavy atom. The molecule has 0 aliphatic heterocycles. The summed E-state index contributed by atoms with van der Waals surface area (Å²) in [6.07, 6.45) is 13.6. The molecular formula is C46H70N4O11. The molecule has 15 nitrogen and oxygen atoms in total. The number of hydrogen-bond donors (Lipinski definition) is 7. The van der Waals surface area contributed by atoms with E-state index in [0.29, 0.717) is 38.8 Å². The van der Waals surface area contributed by atoms with Crippen LogP contribution in [0.4, 0.5) is 0 Å². The number of ketones is 4. The van der Waals surface area contributed by atoms with Crippen molar-refractivity contribution in [1.29, 1.82) is 0 Å².